The number of anilines is 1. The van der Waals surface area contributed by atoms with Crippen molar-refractivity contribution in [3.05, 3.63) is 30.3 Å². The van der Waals surface area contributed by atoms with Crippen molar-refractivity contribution in [3.63, 3.8) is 0 Å². The highest BCUT2D eigenvalue weighted by Gasteiger charge is 2.54. The Morgan fingerprint density at radius 2 is 1.71 bits per heavy atom. The maximum atomic E-state index is 13.7. The highest BCUT2D eigenvalue weighted by Crippen LogP contribution is 2.39. The number of likely N-dealkylation sites (tertiary alicyclic amines) is 1. The summed E-state index contributed by atoms with van der Waals surface area (Å²) >= 11 is 0. The first-order valence-corrected chi connectivity index (χ1v) is 13.1. The molecule has 3 rings (SSSR count). The number of hydrogen-bond acceptors (Lipinski definition) is 7. The van der Waals surface area contributed by atoms with E-state index in [1.54, 1.807) is 25.7 Å². The van der Waals surface area contributed by atoms with Crippen LogP contribution in [0.4, 0.5) is 15.3 Å². The topological polar surface area (TPSA) is 121 Å². The van der Waals surface area contributed by atoms with Gasteiger partial charge in [-0.1, -0.05) is 32.0 Å². The fourth-order valence-electron chi connectivity index (χ4n) is 4.95. The van der Waals surface area contributed by atoms with Gasteiger partial charge in [-0.25, -0.2) is 14.4 Å². The molecular formula is C27H41N5O6. The van der Waals surface area contributed by atoms with Crippen molar-refractivity contribution in [2.75, 3.05) is 44.9 Å². The van der Waals surface area contributed by atoms with Gasteiger partial charge in [0.25, 0.3) is 0 Å². The number of benzene rings is 1. The number of para-hydroxylation sites is 1. The molecule has 0 radical (unpaired) electrons. The van der Waals surface area contributed by atoms with Crippen molar-refractivity contribution in [2.45, 2.75) is 64.6 Å². The van der Waals surface area contributed by atoms with Crippen LogP contribution in [0.3, 0.4) is 0 Å². The van der Waals surface area contributed by atoms with E-state index in [4.69, 9.17) is 9.47 Å². The summed E-state index contributed by atoms with van der Waals surface area (Å²) in [5.41, 5.74) is -0.465. The number of ether oxygens (including phenoxy) is 2. The number of carbonyl (C=O) groups excluding carboxylic acids is 4. The van der Waals surface area contributed by atoms with Crippen LogP contribution in [0, 0.1) is 5.92 Å². The zero-order valence-electron chi connectivity index (χ0n) is 23.3. The number of alkyl carbamates (subject to hydrolysis) is 1. The fourth-order valence-corrected chi connectivity index (χ4v) is 4.95. The maximum Gasteiger partial charge on any atom is 0.408 e. The molecule has 0 aromatic heterocycles. The molecular weight excluding hydrogens is 490 g/mol. The summed E-state index contributed by atoms with van der Waals surface area (Å²) in [7, 11) is 1.21. The molecule has 210 valence electrons. The smallest absolute Gasteiger partial charge is 0.408 e. The predicted molar refractivity (Wildman–Crippen MR) is 142 cm³/mol. The second-order valence-electron chi connectivity index (χ2n) is 11.3. The lowest BCUT2D eigenvalue weighted by Gasteiger charge is -2.43. The van der Waals surface area contributed by atoms with E-state index in [0.717, 1.165) is 5.69 Å². The second-order valence-corrected chi connectivity index (χ2v) is 11.3. The van der Waals surface area contributed by atoms with E-state index in [1.807, 2.05) is 35.2 Å². The first-order valence-electron chi connectivity index (χ1n) is 13.1. The lowest BCUT2D eigenvalue weighted by molar-refractivity contribution is -0.143. The van der Waals surface area contributed by atoms with Gasteiger partial charge in [0.15, 0.2) is 0 Å². The largest absolute Gasteiger partial charge is 0.467 e. The molecule has 2 aliphatic heterocycles. The number of hydrogen-bond donors (Lipinski definition) is 2. The summed E-state index contributed by atoms with van der Waals surface area (Å²) in [4.78, 5) is 56.7. The number of nitrogens with one attached hydrogen (secondary N) is 2. The number of esters is 1. The molecule has 1 aromatic rings. The summed E-state index contributed by atoms with van der Waals surface area (Å²) in [6, 6.07) is 8.41. The van der Waals surface area contributed by atoms with Crippen molar-refractivity contribution in [1.29, 1.82) is 0 Å². The van der Waals surface area contributed by atoms with Crippen molar-refractivity contribution in [1.82, 2.24) is 20.4 Å². The molecule has 2 aliphatic rings. The van der Waals surface area contributed by atoms with E-state index in [2.05, 4.69) is 29.4 Å². The van der Waals surface area contributed by atoms with Crippen LogP contribution in [0.1, 0.15) is 47.5 Å². The van der Waals surface area contributed by atoms with E-state index >= 15 is 0 Å². The first kappa shape index (κ1) is 29.1. The first-order chi connectivity index (χ1) is 17.9. The van der Waals surface area contributed by atoms with Gasteiger partial charge in [0.1, 0.15) is 17.2 Å². The SMILES string of the molecule is COC(=O)C(CNC(=O)N1CCC2(CC1)C(=O)N(CC(C)C)CN2c1ccccc1)NC(=O)OC(C)(C)C. The van der Waals surface area contributed by atoms with E-state index in [0.29, 0.717) is 45.1 Å². The van der Waals surface area contributed by atoms with Crippen LogP contribution in [0.5, 0.6) is 0 Å². The van der Waals surface area contributed by atoms with Crippen molar-refractivity contribution >= 4 is 29.7 Å². The van der Waals surface area contributed by atoms with E-state index in [1.165, 1.54) is 7.11 Å². The molecule has 2 heterocycles. The zero-order valence-corrected chi connectivity index (χ0v) is 23.3. The number of amides is 4. The molecule has 1 spiro atoms. The standard InChI is InChI=1S/C27H41N5O6/c1-19(2)17-31-18-32(20-10-8-7-9-11-20)27(23(31)34)12-14-30(15-13-27)24(35)28-16-21(22(33)37-6)29-25(36)38-26(3,4)5/h7-11,19,21H,12-18H2,1-6H3,(H,28,35)(H,29,36). The van der Waals surface area contributed by atoms with Crippen LogP contribution < -0.4 is 15.5 Å². The molecule has 2 fully saturated rings. The molecule has 1 aromatic carbocycles. The molecule has 1 unspecified atom stereocenters. The molecule has 0 aliphatic carbocycles. The quantitative estimate of drug-likeness (QED) is 0.519. The number of urea groups is 1. The van der Waals surface area contributed by atoms with Gasteiger partial charge >= 0.3 is 18.1 Å². The van der Waals surface area contributed by atoms with E-state index < -0.39 is 29.2 Å². The van der Waals surface area contributed by atoms with Crippen LogP contribution in [0.2, 0.25) is 0 Å². The summed E-state index contributed by atoms with van der Waals surface area (Å²) < 4.78 is 9.97. The highest BCUT2D eigenvalue weighted by molar-refractivity contribution is 5.94. The van der Waals surface area contributed by atoms with E-state index in [-0.39, 0.29) is 18.5 Å². The van der Waals surface area contributed by atoms with Crippen LogP contribution in [0.15, 0.2) is 30.3 Å². The molecule has 0 bridgehead atoms. The summed E-state index contributed by atoms with van der Waals surface area (Å²) in [5, 5.41) is 5.16. The third-order valence-corrected chi connectivity index (χ3v) is 6.68. The van der Waals surface area contributed by atoms with Gasteiger partial charge in [0.2, 0.25) is 5.91 Å². The number of rotatable bonds is 7. The zero-order chi connectivity index (χ0) is 28.1. The van der Waals surface area contributed by atoms with Gasteiger partial charge in [-0.3, -0.25) is 4.79 Å². The minimum Gasteiger partial charge on any atom is -0.467 e. The molecule has 2 N–H and O–H groups in total. The lowest BCUT2D eigenvalue weighted by Crippen LogP contribution is -2.59. The Morgan fingerprint density at radius 1 is 1.08 bits per heavy atom. The van der Waals surface area contributed by atoms with Gasteiger partial charge in [-0.15, -0.1) is 0 Å². The maximum absolute atomic E-state index is 13.7. The van der Waals surface area contributed by atoms with Gasteiger partial charge in [0, 0.05) is 25.3 Å². The molecule has 11 heteroatoms. The van der Waals surface area contributed by atoms with Crippen molar-refractivity contribution in [3.8, 4) is 0 Å². The van der Waals surface area contributed by atoms with Crippen molar-refractivity contribution < 1.29 is 28.7 Å². The van der Waals surface area contributed by atoms with Crippen molar-refractivity contribution in [2.24, 2.45) is 5.92 Å². The van der Waals surface area contributed by atoms with Gasteiger partial charge in [0.05, 0.1) is 20.3 Å². The Morgan fingerprint density at radius 3 is 2.26 bits per heavy atom. The lowest BCUT2D eigenvalue weighted by atomic mass is 9.85. The summed E-state index contributed by atoms with van der Waals surface area (Å²) in [6.07, 6.45) is 0.187. The number of piperidine rings is 1. The third-order valence-electron chi connectivity index (χ3n) is 6.68. The summed E-state index contributed by atoms with van der Waals surface area (Å²) in [6.45, 7) is 11.1. The Bertz CT molecular complexity index is 1000. The van der Waals surface area contributed by atoms with Crippen LogP contribution in [0.25, 0.3) is 0 Å². The Balaban J connectivity index is 1.65. The Labute approximate surface area is 224 Å². The monoisotopic (exact) mass is 531 g/mol. The average Bonchev–Trinajstić information content (AvgIpc) is 3.11. The minimum absolute atomic E-state index is 0.0995. The molecule has 38 heavy (non-hydrogen) atoms. The average molecular weight is 532 g/mol. The molecule has 2 saturated heterocycles. The second kappa shape index (κ2) is 11.9. The van der Waals surface area contributed by atoms with Crippen LogP contribution in [-0.4, -0.2) is 90.9 Å². The summed E-state index contributed by atoms with van der Waals surface area (Å²) in [5.74, 6) is -0.258. The third kappa shape index (κ3) is 6.87. The van der Waals surface area contributed by atoms with Crippen LogP contribution in [-0.2, 0) is 19.1 Å². The normalized spacial score (nSPS) is 18.0. The fraction of sp³-hybridized carbons (Fsp3) is 0.630. The number of nitrogens with zero attached hydrogens (tertiary/aromatic N) is 3. The molecule has 4 amide bonds. The highest BCUT2D eigenvalue weighted by atomic mass is 16.6. The van der Waals surface area contributed by atoms with Gasteiger partial charge < -0.3 is 34.8 Å². The molecule has 0 saturated carbocycles. The Hall–Kier alpha value is -3.50. The number of methoxy groups -OCH3 is 1. The van der Waals surface area contributed by atoms with E-state index in [9.17, 15) is 19.2 Å². The Kier molecular flexibility index (Phi) is 9.11. The molecule has 1 atom stereocenters. The van der Waals surface area contributed by atoms with Gasteiger partial charge in [-0.2, -0.15) is 0 Å². The molecule has 11 nitrogen and oxygen atoms in total. The minimum atomic E-state index is -1.11. The number of carbonyl (C=O) groups is 4. The van der Waals surface area contributed by atoms with Gasteiger partial charge in [-0.05, 0) is 51.7 Å². The predicted octanol–water partition coefficient (Wildman–Crippen LogP) is 2.56. The van der Waals surface area contributed by atoms with Crippen LogP contribution >= 0.6 is 0 Å².